The van der Waals surface area contributed by atoms with Crippen molar-refractivity contribution in [3.63, 3.8) is 0 Å². The number of carbonyl (C=O) groups excluding carboxylic acids is 1. The zero-order valence-corrected chi connectivity index (χ0v) is 16.7. The van der Waals surface area contributed by atoms with E-state index in [-0.39, 0.29) is 22.4 Å². The molecule has 2 N–H and O–H groups in total. The number of nitrogens with zero attached hydrogens (tertiary/aromatic N) is 1. The fraction of sp³-hybridized carbons (Fsp3) is 0.222. The number of nitrogens with one attached hydrogen (secondary N) is 2. The highest BCUT2D eigenvalue weighted by molar-refractivity contribution is 7.89. The van der Waals surface area contributed by atoms with Crippen molar-refractivity contribution >= 4 is 38.6 Å². The van der Waals surface area contributed by atoms with Crippen molar-refractivity contribution in [3.8, 4) is 10.6 Å². The van der Waals surface area contributed by atoms with Crippen molar-refractivity contribution in [2.75, 3.05) is 0 Å². The average molecular weight is 420 g/mol. The Bertz CT molecular complexity index is 1050. The maximum absolute atomic E-state index is 12.5. The number of carbonyl (C=O) groups is 1. The summed E-state index contributed by atoms with van der Waals surface area (Å²) in [5.41, 5.74) is 1.77. The molecule has 6 nitrogen and oxygen atoms in total. The molecule has 27 heavy (non-hydrogen) atoms. The van der Waals surface area contributed by atoms with E-state index in [1.54, 1.807) is 5.38 Å². The van der Waals surface area contributed by atoms with Crippen LogP contribution >= 0.6 is 22.7 Å². The van der Waals surface area contributed by atoms with Crippen LogP contribution in [-0.2, 0) is 16.6 Å². The predicted octanol–water partition coefficient (Wildman–Crippen LogP) is 3.24. The largest absolute Gasteiger partial charge is 0.346 e. The smallest absolute Gasteiger partial charge is 0.263 e. The molecular formula is C18H17N3O3S3. The van der Waals surface area contributed by atoms with E-state index in [0.717, 1.165) is 40.4 Å². The summed E-state index contributed by atoms with van der Waals surface area (Å²) < 4.78 is 27.4. The van der Waals surface area contributed by atoms with Gasteiger partial charge in [0.2, 0.25) is 10.0 Å². The molecule has 2 aromatic heterocycles. The van der Waals surface area contributed by atoms with E-state index in [9.17, 15) is 13.2 Å². The lowest BCUT2D eigenvalue weighted by molar-refractivity contribution is 0.0951. The Labute approximate surface area is 165 Å². The first-order chi connectivity index (χ1) is 13.0. The van der Waals surface area contributed by atoms with Gasteiger partial charge in [0.1, 0.15) is 14.8 Å². The highest BCUT2D eigenvalue weighted by Crippen LogP contribution is 2.27. The lowest BCUT2D eigenvalue weighted by atomic mass is 10.2. The molecule has 0 radical (unpaired) electrons. The zero-order chi connectivity index (χ0) is 18.9. The second kappa shape index (κ2) is 7.51. The van der Waals surface area contributed by atoms with Crippen LogP contribution in [0.25, 0.3) is 10.6 Å². The third kappa shape index (κ3) is 4.27. The molecule has 1 aliphatic carbocycles. The molecule has 2 heterocycles. The summed E-state index contributed by atoms with van der Waals surface area (Å²) in [7, 11) is -3.66. The predicted molar refractivity (Wildman–Crippen MR) is 106 cm³/mol. The van der Waals surface area contributed by atoms with Crippen molar-refractivity contribution in [2.45, 2.75) is 30.3 Å². The molecular weight excluding hydrogens is 402 g/mol. The van der Waals surface area contributed by atoms with Gasteiger partial charge in [-0.05, 0) is 24.3 Å². The second-order valence-electron chi connectivity index (χ2n) is 6.20. The van der Waals surface area contributed by atoms with Crippen LogP contribution in [-0.4, -0.2) is 25.4 Å². The third-order valence-corrected chi connectivity index (χ3v) is 7.57. The summed E-state index contributed by atoms with van der Waals surface area (Å²) in [6.07, 6.45) is 1.69. The minimum absolute atomic E-state index is 0.00257. The number of hydrogen-bond acceptors (Lipinski definition) is 6. The van der Waals surface area contributed by atoms with Gasteiger partial charge >= 0.3 is 0 Å². The van der Waals surface area contributed by atoms with E-state index in [4.69, 9.17) is 0 Å². The van der Waals surface area contributed by atoms with Gasteiger partial charge < -0.3 is 5.32 Å². The fourth-order valence-corrected chi connectivity index (χ4v) is 5.99. The van der Waals surface area contributed by atoms with Gasteiger partial charge in [-0.25, -0.2) is 18.1 Å². The summed E-state index contributed by atoms with van der Waals surface area (Å²) in [5, 5.41) is 7.16. The summed E-state index contributed by atoms with van der Waals surface area (Å²) in [4.78, 5) is 17.3. The van der Waals surface area contributed by atoms with E-state index in [0.29, 0.717) is 0 Å². The lowest BCUT2D eigenvalue weighted by Crippen LogP contribution is -2.29. The van der Waals surface area contributed by atoms with Gasteiger partial charge in [-0.2, -0.15) is 0 Å². The Kier molecular flexibility index (Phi) is 5.09. The van der Waals surface area contributed by atoms with Crippen LogP contribution in [0.5, 0.6) is 0 Å². The van der Waals surface area contributed by atoms with E-state index < -0.39 is 15.9 Å². The molecule has 1 aromatic carbocycles. The van der Waals surface area contributed by atoms with Gasteiger partial charge in [0.15, 0.2) is 0 Å². The normalized spacial score (nSPS) is 14.2. The third-order valence-electron chi connectivity index (χ3n) is 4.03. The van der Waals surface area contributed by atoms with Crippen molar-refractivity contribution in [1.82, 2.24) is 15.0 Å². The van der Waals surface area contributed by atoms with Crippen LogP contribution in [0.1, 0.15) is 28.2 Å². The Balaban J connectivity index is 1.43. The fourth-order valence-electron chi connectivity index (χ4n) is 2.51. The standard InChI is InChI=1S/C18H17N3O3S3/c22-17(16-15(8-9-25-16)27(23,24)21-13-6-7-13)19-10-14-11-26-18(20-14)12-4-2-1-3-5-12/h1-5,8-9,11,13,21H,6-7,10H2,(H,19,22). The van der Waals surface area contributed by atoms with Crippen molar-refractivity contribution in [1.29, 1.82) is 0 Å². The number of sulfonamides is 1. The molecule has 4 rings (SSSR count). The number of hydrogen-bond donors (Lipinski definition) is 2. The van der Waals surface area contributed by atoms with E-state index in [1.165, 1.54) is 17.4 Å². The van der Waals surface area contributed by atoms with Crippen LogP contribution in [0.15, 0.2) is 52.1 Å². The van der Waals surface area contributed by atoms with Crippen LogP contribution in [0, 0.1) is 0 Å². The Morgan fingerprint density at radius 3 is 2.67 bits per heavy atom. The number of benzene rings is 1. The van der Waals surface area contributed by atoms with Crippen molar-refractivity contribution in [2.24, 2.45) is 0 Å². The van der Waals surface area contributed by atoms with Crippen LogP contribution < -0.4 is 10.0 Å². The average Bonchev–Trinajstić information content (AvgIpc) is 3.16. The Morgan fingerprint density at radius 1 is 1.15 bits per heavy atom. The Morgan fingerprint density at radius 2 is 1.93 bits per heavy atom. The van der Waals surface area contributed by atoms with E-state index in [1.807, 2.05) is 35.7 Å². The molecule has 0 aliphatic heterocycles. The first-order valence-electron chi connectivity index (χ1n) is 8.41. The first-order valence-corrected chi connectivity index (χ1v) is 11.6. The van der Waals surface area contributed by atoms with Gasteiger partial charge in [0, 0.05) is 17.0 Å². The van der Waals surface area contributed by atoms with Crippen LogP contribution in [0.2, 0.25) is 0 Å². The lowest BCUT2D eigenvalue weighted by Gasteiger charge is -2.07. The zero-order valence-electron chi connectivity index (χ0n) is 14.2. The van der Waals surface area contributed by atoms with Gasteiger partial charge in [-0.3, -0.25) is 4.79 Å². The minimum atomic E-state index is -3.66. The molecule has 0 saturated heterocycles. The highest BCUT2D eigenvalue weighted by atomic mass is 32.2. The van der Waals surface area contributed by atoms with E-state index in [2.05, 4.69) is 15.0 Å². The topological polar surface area (TPSA) is 88.2 Å². The molecule has 0 unspecified atom stereocenters. The van der Waals surface area contributed by atoms with Gasteiger partial charge in [0.25, 0.3) is 5.91 Å². The molecule has 9 heteroatoms. The Hall–Kier alpha value is -2.07. The second-order valence-corrected chi connectivity index (χ2v) is 9.66. The summed E-state index contributed by atoms with van der Waals surface area (Å²) in [5.74, 6) is -0.407. The van der Waals surface area contributed by atoms with Crippen molar-refractivity contribution < 1.29 is 13.2 Å². The SMILES string of the molecule is O=C(NCc1csc(-c2ccccc2)n1)c1sccc1S(=O)(=O)NC1CC1. The van der Waals surface area contributed by atoms with Crippen LogP contribution in [0.3, 0.4) is 0 Å². The molecule has 1 saturated carbocycles. The van der Waals surface area contributed by atoms with E-state index >= 15 is 0 Å². The number of thiophene rings is 1. The molecule has 0 bridgehead atoms. The molecule has 1 amide bonds. The monoisotopic (exact) mass is 419 g/mol. The molecule has 0 spiro atoms. The maximum Gasteiger partial charge on any atom is 0.263 e. The summed E-state index contributed by atoms with van der Waals surface area (Å²) in [6, 6.07) is 11.3. The number of rotatable bonds is 7. The van der Waals surface area contributed by atoms with Gasteiger partial charge in [-0.1, -0.05) is 30.3 Å². The number of thiazole rings is 1. The molecule has 1 fully saturated rings. The maximum atomic E-state index is 12.5. The van der Waals surface area contributed by atoms with Crippen LogP contribution in [0.4, 0.5) is 0 Å². The number of aromatic nitrogens is 1. The summed E-state index contributed by atoms with van der Waals surface area (Å²) >= 11 is 2.63. The van der Waals surface area contributed by atoms with Gasteiger partial charge in [-0.15, -0.1) is 22.7 Å². The quantitative estimate of drug-likeness (QED) is 0.615. The first kappa shape index (κ1) is 18.3. The number of amides is 1. The minimum Gasteiger partial charge on any atom is -0.346 e. The summed E-state index contributed by atoms with van der Waals surface area (Å²) in [6.45, 7) is 0.246. The molecule has 1 aliphatic rings. The van der Waals surface area contributed by atoms with Crippen molar-refractivity contribution in [3.05, 3.63) is 57.7 Å². The molecule has 140 valence electrons. The molecule has 0 atom stereocenters. The highest BCUT2D eigenvalue weighted by Gasteiger charge is 2.31. The molecule has 3 aromatic rings. The van der Waals surface area contributed by atoms with Gasteiger partial charge in [0.05, 0.1) is 12.2 Å².